The lowest BCUT2D eigenvalue weighted by Gasteiger charge is -2.24. The number of rotatable bonds is 8. The Balaban J connectivity index is 1.57. The van der Waals surface area contributed by atoms with E-state index in [1.807, 2.05) is 24.3 Å². The summed E-state index contributed by atoms with van der Waals surface area (Å²) in [5.74, 6) is 0.0818. The van der Waals surface area contributed by atoms with Gasteiger partial charge in [-0.2, -0.15) is 0 Å². The monoisotopic (exact) mass is 718 g/mol. The van der Waals surface area contributed by atoms with E-state index in [4.69, 9.17) is 25.8 Å². The van der Waals surface area contributed by atoms with Crippen molar-refractivity contribution in [3.63, 3.8) is 0 Å². The van der Waals surface area contributed by atoms with Crippen molar-refractivity contribution < 1.29 is 23.4 Å². The number of nitrogens with zero attached hydrogens (tertiary/aromatic N) is 2. The maximum Gasteiger partial charge on any atom is 0.338 e. The zero-order chi connectivity index (χ0) is 30.0. The van der Waals surface area contributed by atoms with Crippen LogP contribution in [0.15, 0.2) is 81.7 Å². The van der Waals surface area contributed by atoms with E-state index < -0.39 is 17.8 Å². The third-order valence-electron chi connectivity index (χ3n) is 6.52. The van der Waals surface area contributed by atoms with Crippen LogP contribution in [0.5, 0.6) is 11.5 Å². The molecule has 2 heterocycles. The molecule has 11 heteroatoms. The Hall–Kier alpha value is -3.48. The Bertz CT molecular complexity index is 1880. The quantitative estimate of drug-likeness (QED) is 0.171. The fourth-order valence-electron chi connectivity index (χ4n) is 4.65. The van der Waals surface area contributed by atoms with Gasteiger partial charge in [-0.05, 0) is 95.6 Å². The molecule has 0 saturated heterocycles. The van der Waals surface area contributed by atoms with Crippen LogP contribution in [0.2, 0.25) is 5.02 Å². The van der Waals surface area contributed by atoms with Crippen LogP contribution in [-0.4, -0.2) is 24.3 Å². The number of hydrogen-bond donors (Lipinski definition) is 0. The van der Waals surface area contributed by atoms with Gasteiger partial charge in [-0.25, -0.2) is 14.2 Å². The topological polar surface area (TPSA) is 79.1 Å². The number of hydrogen-bond acceptors (Lipinski definition) is 7. The summed E-state index contributed by atoms with van der Waals surface area (Å²) >= 11 is 9.47. The van der Waals surface area contributed by atoms with Crippen molar-refractivity contribution in [3.8, 4) is 11.5 Å². The first kappa shape index (κ1) is 30.0. The van der Waals surface area contributed by atoms with E-state index >= 15 is 0 Å². The average Bonchev–Trinajstić information content (AvgIpc) is 3.26. The number of methoxy groups -OCH3 is 1. The standard InChI is InChI=1S/C31H25ClFIN2O5S/c1-4-40-30(38)26-17(2)35-31-36(27(26)20-8-10-22(33)11-9-20)29(37)25(42-31)15-19-13-23(34)28(24(14-19)39-3)41-16-18-6-5-7-21(32)12-18/h5-15,27H,4,16H2,1-3H3/b25-15-/t27-/m1/s1. The summed E-state index contributed by atoms with van der Waals surface area (Å²) in [6, 6.07) is 16.0. The highest BCUT2D eigenvalue weighted by atomic mass is 127. The van der Waals surface area contributed by atoms with Gasteiger partial charge in [0.1, 0.15) is 12.4 Å². The number of allylic oxidation sites excluding steroid dienone is 1. The van der Waals surface area contributed by atoms with Gasteiger partial charge in [0, 0.05) is 5.02 Å². The van der Waals surface area contributed by atoms with Gasteiger partial charge in [0.05, 0.1) is 39.1 Å². The van der Waals surface area contributed by atoms with Crippen LogP contribution in [0.1, 0.15) is 36.6 Å². The number of aromatic nitrogens is 1. The summed E-state index contributed by atoms with van der Waals surface area (Å²) in [7, 11) is 1.55. The Morgan fingerprint density at radius 3 is 2.64 bits per heavy atom. The Morgan fingerprint density at radius 2 is 1.95 bits per heavy atom. The largest absolute Gasteiger partial charge is 0.493 e. The summed E-state index contributed by atoms with van der Waals surface area (Å²) < 4.78 is 33.5. The normalized spacial score (nSPS) is 14.8. The smallest absolute Gasteiger partial charge is 0.338 e. The molecule has 1 aliphatic heterocycles. The second kappa shape index (κ2) is 12.8. The lowest BCUT2D eigenvalue weighted by Crippen LogP contribution is -2.39. The lowest BCUT2D eigenvalue weighted by atomic mass is 9.96. The van der Waals surface area contributed by atoms with Crippen molar-refractivity contribution in [1.29, 1.82) is 0 Å². The molecule has 7 nitrogen and oxygen atoms in total. The predicted molar refractivity (Wildman–Crippen MR) is 168 cm³/mol. The molecule has 216 valence electrons. The van der Waals surface area contributed by atoms with Crippen LogP contribution >= 0.6 is 45.5 Å². The molecule has 1 aliphatic rings. The van der Waals surface area contributed by atoms with Gasteiger partial charge in [0.2, 0.25) is 0 Å². The van der Waals surface area contributed by atoms with Crippen molar-refractivity contribution >= 4 is 57.6 Å². The minimum atomic E-state index is -0.819. The second-order valence-corrected chi connectivity index (χ2v) is 11.9. The number of carbonyl (C=O) groups is 1. The van der Waals surface area contributed by atoms with Crippen molar-refractivity contribution in [1.82, 2.24) is 4.57 Å². The molecular formula is C31H25ClFIN2O5S. The number of carbonyl (C=O) groups excluding carboxylic acids is 1. The van der Waals surface area contributed by atoms with Crippen LogP contribution in [0.25, 0.3) is 6.08 Å². The first-order chi connectivity index (χ1) is 20.2. The minimum absolute atomic E-state index is 0.162. The third kappa shape index (κ3) is 6.16. The van der Waals surface area contributed by atoms with Crippen LogP contribution in [-0.2, 0) is 16.1 Å². The zero-order valence-electron chi connectivity index (χ0n) is 22.8. The third-order valence-corrected chi connectivity index (χ3v) is 8.54. The maximum atomic E-state index is 13.9. The fraction of sp³-hybridized carbons (Fsp3) is 0.194. The molecule has 0 radical (unpaired) electrons. The van der Waals surface area contributed by atoms with Crippen LogP contribution in [0.3, 0.4) is 0 Å². The van der Waals surface area contributed by atoms with Crippen LogP contribution in [0, 0.1) is 9.39 Å². The van der Waals surface area contributed by atoms with Gasteiger partial charge in [-0.3, -0.25) is 9.36 Å². The molecule has 3 aromatic carbocycles. The molecule has 0 aliphatic carbocycles. The van der Waals surface area contributed by atoms with E-state index in [2.05, 4.69) is 27.6 Å². The number of benzene rings is 3. The molecule has 1 aromatic heterocycles. The zero-order valence-corrected chi connectivity index (χ0v) is 26.6. The number of esters is 1. The van der Waals surface area contributed by atoms with Gasteiger partial charge >= 0.3 is 5.97 Å². The van der Waals surface area contributed by atoms with Gasteiger partial charge in [0.25, 0.3) is 5.56 Å². The molecule has 0 fully saturated rings. The number of thiazole rings is 1. The molecule has 0 bridgehead atoms. The lowest BCUT2D eigenvalue weighted by molar-refractivity contribution is -0.139. The summed E-state index contributed by atoms with van der Waals surface area (Å²) in [5, 5.41) is 0.626. The molecule has 5 rings (SSSR count). The highest BCUT2D eigenvalue weighted by Crippen LogP contribution is 2.35. The summed E-state index contributed by atoms with van der Waals surface area (Å²) in [5.41, 5.74) is 2.54. The molecule has 0 amide bonds. The van der Waals surface area contributed by atoms with Crippen molar-refractivity contribution in [2.75, 3.05) is 13.7 Å². The van der Waals surface area contributed by atoms with Gasteiger partial charge in [-0.15, -0.1) is 0 Å². The van der Waals surface area contributed by atoms with Crippen molar-refractivity contribution in [2.45, 2.75) is 26.5 Å². The van der Waals surface area contributed by atoms with Gasteiger partial charge in [0.15, 0.2) is 16.3 Å². The molecule has 0 spiro atoms. The van der Waals surface area contributed by atoms with Crippen molar-refractivity contribution in [3.05, 3.63) is 123 Å². The summed E-state index contributed by atoms with van der Waals surface area (Å²) in [4.78, 5) is 31.9. The Kier molecular flexibility index (Phi) is 9.14. The highest BCUT2D eigenvalue weighted by molar-refractivity contribution is 14.1. The van der Waals surface area contributed by atoms with Gasteiger partial charge < -0.3 is 14.2 Å². The number of halogens is 3. The molecule has 0 saturated carbocycles. The summed E-state index contributed by atoms with van der Waals surface area (Å²) in [6.45, 7) is 3.88. The molecule has 4 aromatic rings. The maximum absolute atomic E-state index is 13.9. The van der Waals surface area contributed by atoms with E-state index in [0.29, 0.717) is 43.7 Å². The van der Waals surface area contributed by atoms with E-state index in [9.17, 15) is 14.0 Å². The van der Waals surface area contributed by atoms with E-state index in [1.54, 1.807) is 51.3 Å². The molecular weight excluding hydrogens is 694 g/mol. The molecule has 42 heavy (non-hydrogen) atoms. The molecule has 0 N–H and O–H groups in total. The highest BCUT2D eigenvalue weighted by Gasteiger charge is 2.33. The van der Waals surface area contributed by atoms with Gasteiger partial charge in [-0.1, -0.05) is 47.2 Å². The molecule has 1 atom stereocenters. The SMILES string of the molecule is CCOC(=O)C1=C(C)N=c2s/c(=C\c3cc(I)c(OCc4cccc(Cl)c4)c(OC)c3)c(=O)n2[C@@H]1c1ccc(F)cc1. The Labute approximate surface area is 263 Å². The fourth-order valence-corrected chi connectivity index (χ4v) is 6.69. The number of fused-ring (bicyclic) bond motifs is 1. The van der Waals surface area contributed by atoms with E-state index in [-0.39, 0.29) is 17.7 Å². The van der Waals surface area contributed by atoms with E-state index in [1.165, 1.54) is 28.0 Å². The Morgan fingerprint density at radius 1 is 1.19 bits per heavy atom. The van der Waals surface area contributed by atoms with Crippen LogP contribution < -0.4 is 24.4 Å². The molecule has 0 unspecified atom stereocenters. The first-order valence-electron chi connectivity index (χ1n) is 12.9. The predicted octanol–water partition coefficient (Wildman–Crippen LogP) is 5.78. The summed E-state index contributed by atoms with van der Waals surface area (Å²) in [6.07, 6.45) is 1.75. The second-order valence-electron chi connectivity index (χ2n) is 9.31. The van der Waals surface area contributed by atoms with E-state index in [0.717, 1.165) is 14.7 Å². The number of ether oxygens (including phenoxy) is 3. The average molecular weight is 719 g/mol. The minimum Gasteiger partial charge on any atom is -0.493 e. The van der Waals surface area contributed by atoms with Crippen LogP contribution in [0.4, 0.5) is 4.39 Å². The van der Waals surface area contributed by atoms with Crippen molar-refractivity contribution in [2.24, 2.45) is 4.99 Å². The first-order valence-corrected chi connectivity index (χ1v) is 15.2.